The van der Waals surface area contributed by atoms with Gasteiger partial charge in [0.1, 0.15) is 13.2 Å². The van der Waals surface area contributed by atoms with Gasteiger partial charge in [-0.15, -0.1) is 0 Å². The van der Waals surface area contributed by atoms with Crippen LogP contribution in [0, 0.1) is 11.3 Å². The highest BCUT2D eigenvalue weighted by Gasteiger charge is 2.25. The van der Waals surface area contributed by atoms with Crippen molar-refractivity contribution in [1.29, 1.82) is 5.26 Å². The van der Waals surface area contributed by atoms with Crippen LogP contribution in [0.25, 0.3) is 0 Å². The Morgan fingerprint density at radius 1 is 1.21 bits per heavy atom. The summed E-state index contributed by atoms with van der Waals surface area (Å²) in [6.45, 7) is -0.0244. The van der Waals surface area contributed by atoms with Gasteiger partial charge in [0.2, 0.25) is 0 Å². The third-order valence-corrected chi connectivity index (χ3v) is 5.13. The third-order valence-electron chi connectivity index (χ3n) is 3.30. The molecular weight excluding hydrogens is 398 g/mol. The Bertz CT molecular complexity index is 890. The fraction of sp³-hybridized carbons (Fsp3) is 0.188. The lowest BCUT2D eigenvalue weighted by Crippen LogP contribution is -2.34. The van der Waals surface area contributed by atoms with Gasteiger partial charge in [0.25, 0.3) is 10.1 Å². The van der Waals surface area contributed by atoms with Crippen molar-refractivity contribution in [3.8, 4) is 17.6 Å². The highest BCUT2D eigenvalue weighted by Crippen LogP contribution is 2.32. The van der Waals surface area contributed by atoms with Crippen molar-refractivity contribution < 1.29 is 22.1 Å². The van der Waals surface area contributed by atoms with Gasteiger partial charge in [-0.25, -0.2) is 0 Å². The van der Waals surface area contributed by atoms with Crippen molar-refractivity contribution in [2.75, 3.05) is 13.2 Å². The van der Waals surface area contributed by atoms with E-state index in [2.05, 4.69) is 15.9 Å². The van der Waals surface area contributed by atoms with Crippen molar-refractivity contribution in [1.82, 2.24) is 0 Å². The lowest BCUT2D eigenvalue weighted by molar-refractivity contribution is 0.0554. The predicted octanol–water partition coefficient (Wildman–Crippen LogP) is 2.87. The van der Waals surface area contributed by atoms with E-state index in [1.807, 2.05) is 6.07 Å². The van der Waals surface area contributed by atoms with Crippen LogP contribution in [-0.2, 0) is 14.3 Å². The van der Waals surface area contributed by atoms with Crippen molar-refractivity contribution in [3.63, 3.8) is 0 Å². The van der Waals surface area contributed by atoms with Crippen molar-refractivity contribution in [2.45, 2.75) is 11.0 Å². The summed E-state index contributed by atoms with van der Waals surface area (Å²) in [6.07, 6.45) is -0.586. The summed E-state index contributed by atoms with van der Waals surface area (Å²) >= 11 is 3.25. The zero-order chi connectivity index (χ0) is 17.2. The largest absolute Gasteiger partial charge is 0.486 e. The predicted molar refractivity (Wildman–Crippen MR) is 88.3 cm³/mol. The molecule has 3 rings (SSSR count). The summed E-state index contributed by atoms with van der Waals surface area (Å²) in [7, 11) is -3.88. The SMILES string of the molecule is N#Cc1ccc2c(c1)O[C@@H](COS(=O)(=O)c1ccc(Br)cc1)CO2. The Balaban J connectivity index is 1.67. The van der Waals surface area contributed by atoms with Crippen molar-refractivity contribution >= 4 is 26.0 Å². The molecule has 0 N–H and O–H groups in total. The number of hydrogen-bond donors (Lipinski definition) is 0. The van der Waals surface area contributed by atoms with E-state index in [9.17, 15) is 8.42 Å². The summed E-state index contributed by atoms with van der Waals surface area (Å²) in [5.41, 5.74) is 0.432. The van der Waals surface area contributed by atoms with Gasteiger partial charge in [-0.1, -0.05) is 15.9 Å². The maximum atomic E-state index is 12.2. The number of rotatable bonds is 4. The van der Waals surface area contributed by atoms with E-state index in [0.717, 1.165) is 4.47 Å². The first-order valence-electron chi connectivity index (χ1n) is 6.96. The van der Waals surface area contributed by atoms with E-state index >= 15 is 0 Å². The average Bonchev–Trinajstić information content (AvgIpc) is 2.59. The molecule has 0 aliphatic carbocycles. The van der Waals surface area contributed by atoms with Crippen LogP contribution in [0.3, 0.4) is 0 Å². The second kappa shape index (κ2) is 6.81. The van der Waals surface area contributed by atoms with Crippen LogP contribution in [-0.4, -0.2) is 27.7 Å². The van der Waals surface area contributed by atoms with Gasteiger partial charge in [0.05, 0.1) is 16.5 Å². The number of ether oxygens (including phenoxy) is 2. The van der Waals surface area contributed by atoms with Gasteiger partial charge in [0, 0.05) is 10.5 Å². The first-order valence-corrected chi connectivity index (χ1v) is 9.17. The minimum absolute atomic E-state index is 0.0644. The molecule has 0 saturated heterocycles. The van der Waals surface area contributed by atoms with Crippen LogP contribution in [0.5, 0.6) is 11.5 Å². The standard InChI is InChI=1S/C16H12BrNO5S/c17-12-2-4-14(5-3-12)24(19,20)22-10-13-9-21-15-6-1-11(8-18)7-16(15)23-13/h1-7,13H,9-10H2/t13-/m1/s1. The molecule has 1 heterocycles. The Morgan fingerprint density at radius 3 is 2.67 bits per heavy atom. The van der Waals surface area contributed by atoms with Crippen LogP contribution >= 0.6 is 15.9 Å². The Morgan fingerprint density at radius 2 is 1.96 bits per heavy atom. The third kappa shape index (κ3) is 3.70. The Labute approximate surface area is 147 Å². The summed E-state index contributed by atoms with van der Waals surface area (Å²) in [5, 5.41) is 8.91. The highest BCUT2D eigenvalue weighted by atomic mass is 79.9. The van der Waals surface area contributed by atoms with E-state index in [0.29, 0.717) is 17.1 Å². The van der Waals surface area contributed by atoms with Gasteiger partial charge < -0.3 is 9.47 Å². The van der Waals surface area contributed by atoms with Gasteiger partial charge in [-0.3, -0.25) is 4.18 Å². The van der Waals surface area contributed by atoms with E-state index in [1.165, 1.54) is 12.1 Å². The topological polar surface area (TPSA) is 85.6 Å². The molecule has 0 aromatic heterocycles. The van der Waals surface area contributed by atoms with Gasteiger partial charge in [0.15, 0.2) is 17.6 Å². The molecule has 2 aromatic carbocycles. The van der Waals surface area contributed by atoms with E-state index < -0.39 is 16.2 Å². The second-order valence-electron chi connectivity index (χ2n) is 5.02. The summed E-state index contributed by atoms with van der Waals surface area (Å²) in [6, 6.07) is 13.0. The molecular formula is C16H12BrNO5S. The minimum atomic E-state index is -3.88. The van der Waals surface area contributed by atoms with Gasteiger partial charge in [-0.2, -0.15) is 13.7 Å². The molecule has 1 aliphatic heterocycles. The summed E-state index contributed by atoms with van der Waals surface area (Å²) in [4.78, 5) is 0.0644. The number of hydrogen-bond acceptors (Lipinski definition) is 6. The molecule has 2 aromatic rings. The van der Waals surface area contributed by atoms with E-state index in [1.54, 1.807) is 30.3 Å². The van der Waals surface area contributed by atoms with Crippen LogP contribution < -0.4 is 9.47 Å². The molecule has 0 amide bonds. The Kier molecular flexibility index (Phi) is 4.76. The maximum Gasteiger partial charge on any atom is 0.297 e. The molecule has 0 saturated carbocycles. The van der Waals surface area contributed by atoms with Crippen LogP contribution in [0.4, 0.5) is 0 Å². The van der Waals surface area contributed by atoms with E-state index in [-0.39, 0.29) is 18.1 Å². The normalized spacial score (nSPS) is 16.4. The molecule has 0 spiro atoms. The van der Waals surface area contributed by atoms with Gasteiger partial charge in [-0.05, 0) is 36.4 Å². The average molecular weight is 410 g/mol. The first kappa shape index (κ1) is 16.8. The quantitative estimate of drug-likeness (QED) is 0.721. The molecule has 1 atom stereocenters. The minimum Gasteiger partial charge on any atom is -0.486 e. The zero-order valence-electron chi connectivity index (χ0n) is 12.3. The fourth-order valence-corrected chi connectivity index (χ4v) is 3.30. The Hall–Kier alpha value is -2.08. The first-order chi connectivity index (χ1) is 11.5. The summed E-state index contributed by atoms with van der Waals surface area (Å²) < 4.78 is 41.3. The molecule has 0 radical (unpaired) electrons. The lowest BCUT2D eigenvalue weighted by Gasteiger charge is -2.26. The second-order valence-corrected chi connectivity index (χ2v) is 7.55. The number of halogens is 1. The molecule has 1 aliphatic rings. The smallest absolute Gasteiger partial charge is 0.297 e. The van der Waals surface area contributed by atoms with E-state index in [4.69, 9.17) is 18.9 Å². The molecule has 24 heavy (non-hydrogen) atoms. The van der Waals surface area contributed by atoms with Crippen LogP contribution in [0.1, 0.15) is 5.56 Å². The van der Waals surface area contributed by atoms with Crippen molar-refractivity contribution in [3.05, 3.63) is 52.5 Å². The molecule has 124 valence electrons. The molecule has 0 bridgehead atoms. The number of nitrogens with zero attached hydrogens (tertiary/aromatic N) is 1. The molecule has 0 unspecified atom stereocenters. The number of benzene rings is 2. The maximum absolute atomic E-state index is 12.2. The summed E-state index contributed by atoms with van der Waals surface area (Å²) in [5.74, 6) is 0.913. The lowest BCUT2D eigenvalue weighted by atomic mass is 10.2. The van der Waals surface area contributed by atoms with Crippen molar-refractivity contribution in [2.24, 2.45) is 0 Å². The zero-order valence-corrected chi connectivity index (χ0v) is 14.7. The molecule has 0 fully saturated rings. The number of nitriles is 1. The number of fused-ring (bicyclic) bond motifs is 1. The highest BCUT2D eigenvalue weighted by molar-refractivity contribution is 9.10. The molecule has 6 nitrogen and oxygen atoms in total. The van der Waals surface area contributed by atoms with Crippen LogP contribution in [0.15, 0.2) is 51.8 Å². The fourth-order valence-electron chi connectivity index (χ4n) is 2.10. The molecule has 8 heteroatoms. The monoisotopic (exact) mass is 409 g/mol. The van der Waals surface area contributed by atoms with Gasteiger partial charge >= 0.3 is 0 Å². The van der Waals surface area contributed by atoms with Crippen LogP contribution in [0.2, 0.25) is 0 Å².